The van der Waals surface area contributed by atoms with E-state index in [9.17, 15) is 13.2 Å². The van der Waals surface area contributed by atoms with E-state index in [0.29, 0.717) is 32.2 Å². The van der Waals surface area contributed by atoms with Crippen LogP contribution in [0.3, 0.4) is 0 Å². The Kier molecular flexibility index (Phi) is 4.97. The molecule has 0 aliphatic carbocycles. The van der Waals surface area contributed by atoms with Crippen LogP contribution in [0.4, 0.5) is 0 Å². The molecule has 0 saturated carbocycles. The van der Waals surface area contributed by atoms with Gasteiger partial charge in [-0.2, -0.15) is 0 Å². The van der Waals surface area contributed by atoms with Crippen molar-refractivity contribution in [2.75, 3.05) is 18.1 Å². The second-order valence-electron chi connectivity index (χ2n) is 4.07. The molecule has 1 atom stereocenters. The molecule has 0 aromatic rings. The van der Waals surface area contributed by atoms with E-state index in [1.165, 1.54) is 0 Å². The highest BCUT2D eigenvalue weighted by atomic mass is 32.2. The van der Waals surface area contributed by atoms with E-state index in [2.05, 4.69) is 11.2 Å². The quantitative estimate of drug-likeness (QED) is 0.551. The topological polar surface area (TPSA) is 63.2 Å². The maximum Gasteiger partial charge on any atom is 0.153 e. The van der Waals surface area contributed by atoms with Crippen LogP contribution in [0.2, 0.25) is 0 Å². The Bertz CT molecular complexity index is 381. The molecular formula is C11H17NO3S. The van der Waals surface area contributed by atoms with Crippen molar-refractivity contribution in [3.63, 3.8) is 0 Å². The Hall–Kier alpha value is -0.860. The van der Waals surface area contributed by atoms with Crippen LogP contribution < -0.4 is 5.32 Å². The van der Waals surface area contributed by atoms with Gasteiger partial charge in [0, 0.05) is 31.8 Å². The van der Waals surface area contributed by atoms with Gasteiger partial charge in [0.05, 0.1) is 11.5 Å². The van der Waals surface area contributed by atoms with Crippen molar-refractivity contribution in [3.05, 3.63) is 0 Å². The molecular weight excluding hydrogens is 226 g/mol. The zero-order chi connectivity index (χ0) is 12.0. The van der Waals surface area contributed by atoms with Crippen LogP contribution >= 0.6 is 0 Å². The minimum absolute atomic E-state index is 0.0773. The Morgan fingerprint density at radius 2 is 2.25 bits per heavy atom. The largest absolute Gasteiger partial charge is 0.312 e. The zero-order valence-electron chi connectivity index (χ0n) is 9.24. The molecule has 1 unspecified atom stereocenters. The van der Waals surface area contributed by atoms with Gasteiger partial charge in [-0.1, -0.05) is 0 Å². The van der Waals surface area contributed by atoms with Crippen LogP contribution in [0, 0.1) is 12.3 Å². The lowest BCUT2D eigenvalue weighted by Gasteiger charge is -2.22. The third-order valence-electron chi connectivity index (χ3n) is 2.55. The van der Waals surface area contributed by atoms with Crippen molar-refractivity contribution in [1.82, 2.24) is 5.32 Å². The lowest BCUT2D eigenvalue weighted by Crippen LogP contribution is -2.45. The summed E-state index contributed by atoms with van der Waals surface area (Å²) < 4.78 is 22.6. The molecule has 0 spiro atoms. The Labute approximate surface area is 96.7 Å². The fourth-order valence-corrected chi connectivity index (χ4v) is 3.21. The second-order valence-corrected chi connectivity index (χ2v) is 6.29. The zero-order valence-corrected chi connectivity index (χ0v) is 10.1. The summed E-state index contributed by atoms with van der Waals surface area (Å²) in [5.41, 5.74) is 0. The first-order chi connectivity index (χ1) is 7.53. The van der Waals surface area contributed by atoms with E-state index < -0.39 is 9.84 Å². The van der Waals surface area contributed by atoms with Gasteiger partial charge in [0.15, 0.2) is 9.84 Å². The van der Waals surface area contributed by atoms with Crippen LogP contribution in [0.25, 0.3) is 0 Å². The number of unbranched alkanes of at least 4 members (excludes halogenated alkanes) is 1. The first-order valence-corrected chi connectivity index (χ1v) is 7.24. The molecule has 16 heavy (non-hydrogen) atoms. The Morgan fingerprint density at radius 3 is 2.88 bits per heavy atom. The fourth-order valence-electron chi connectivity index (χ4n) is 1.76. The number of ketones is 1. The van der Waals surface area contributed by atoms with Gasteiger partial charge in [-0.25, -0.2) is 8.42 Å². The third-order valence-corrected chi connectivity index (χ3v) is 4.29. The minimum Gasteiger partial charge on any atom is -0.312 e. The molecule has 0 aromatic carbocycles. The summed E-state index contributed by atoms with van der Waals surface area (Å²) in [4.78, 5) is 11.5. The molecule has 1 aliphatic heterocycles. The molecule has 0 amide bonds. The van der Waals surface area contributed by atoms with E-state index in [4.69, 9.17) is 6.42 Å². The number of rotatable bonds is 5. The number of nitrogens with one attached hydrogen (secondary N) is 1. The van der Waals surface area contributed by atoms with Gasteiger partial charge in [0.2, 0.25) is 0 Å². The van der Waals surface area contributed by atoms with Crippen molar-refractivity contribution in [2.24, 2.45) is 0 Å². The van der Waals surface area contributed by atoms with Gasteiger partial charge >= 0.3 is 0 Å². The predicted octanol–water partition coefficient (Wildman–Crippen LogP) is 0.136. The van der Waals surface area contributed by atoms with Gasteiger partial charge in [0.1, 0.15) is 5.78 Å². The summed E-state index contributed by atoms with van der Waals surface area (Å²) in [6.07, 6.45) is 7.11. The molecule has 1 fully saturated rings. The smallest absolute Gasteiger partial charge is 0.153 e. The highest BCUT2D eigenvalue weighted by molar-refractivity contribution is 7.91. The molecule has 0 bridgehead atoms. The number of sulfone groups is 1. The first-order valence-electron chi connectivity index (χ1n) is 5.42. The van der Waals surface area contributed by atoms with Gasteiger partial charge in [-0.15, -0.1) is 12.3 Å². The van der Waals surface area contributed by atoms with Gasteiger partial charge < -0.3 is 5.32 Å². The summed E-state index contributed by atoms with van der Waals surface area (Å²) in [7, 11) is -2.95. The molecule has 4 nitrogen and oxygen atoms in total. The second kappa shape index (κ2) is 6.02. The molecule has 5 heteroatoms. The van der Waals surface area contributed by atoms with E-state index in [1.807, 2.05) is 0 Å². The molecule has 1 aliphatic rings. The normalized spacial score (nSPS) is 23.6. The average Bonchev–Trinajstić information content (AvgIpc) is 2.16. The van der Waals surface area contributed by atoms with Crippen LogP contribution in [0.15, 0.2) is 0 Å². The summed E-state index contributed by atoms with van der Waals surface area (Å²) in [6.45, 7) is 0.449. The highest BCUT2D eigenvalue weighted by Gasteiger charge is 2.25. The minimum atomic E-state index is -2.95. The number of hydrogen-bond donors (Lipinski definition) is 1. The van der Waals surface area contributed by atoms with Crippen LogP contribution in [-0.4, -0.2) is 38.3 Å². The van der Waals surface area contributed by atoms with Crippen molar-refractivity contribution < 1.29 is 13.2 Å². The van der Waals surface area contributed by atoms with Crippen LogP contribution in [0.1, 0.15) is 25.7 Å². The van der Waals surface area contributed by atoms with Crippen LogP contribution in [-0.2, 0) is 14.6 Å². The fraction of sp³-hybridized carbons (Fsp3) is 0.727. The number of terminal acetylenes is 1. The average molecular weight is 243 g/mol. The summed E-state index contributed by atoms with van der Waals surface area (Å²) in [6, 6.07) is -0.211. The predicted molar refractivity (Wildman–Crippen MR) is 62.8 cm³/mol. The Morgan fingerprint density at radius 1 is 1.50 bits per heavy atom. The lowest BCUT2D eigenvalue weighted by molar-refractivity contribution is -0.119. The van der Waals surface area contributed by atoms with Gasteiger partial charge in [-0.3, -0.25) is 4.79 Å². The van der Waals surface area contributed by atoms with E-state index in [0.717, 1.165) is 0 Å². The lowest BCUT2D eigenvalue weighted by atomic mass is 10.1. The number of carbonyl (C=O) groups excluding carboxylic acids is 1. The maximum absolute atomic E-state index is 11.5. The third kappa shape index (κ3) is 4.77. The number of carbonyl (C=O) groups is 1. The number of Topliss-reactive ketones (excluding diaryl/α,β-unsaturated/α-hetero) is 1. The van der Waals surface area contributed by atoms with Crippen molar-refractivity contribution in [2.45, 2.75) is 31.7 Å². The molecule has 0 radical (unpaired) electrons. The van der Waals surface area contributed by atoms with Crippen molar-refractivity contribution in [3.8, 4) is 12.3 Å². The number of hydrogen-bond acceptors (Lipinski definition) is 4. The highest BCUT2D eigenvalue weighted by Crippen LogP contribution is 2.08. The summed E-state index contributed by atoms with van der Waals surface area (Å²) >= 11 is 0. The van der Waals surface area contributed by atoms with Crippen molar-refractivity contribution >= 4 is 15.6 Å². The standard InChI is InChI=1S/C11H17NO3S/c1-2-3-4-5-11(13)8-10-9-16(14,15)7-6-12-10/h1,10,12H,3-9H2. The van der Waals surface area contributed by atoms with E-state index in [-0.39, 0.29) is 23.3 Å². The molecule has 0 aromatic heterocycles. The van der Waals surface area contributed by atoms with Crippen molar-refractivity contribution in [1.29, 1.82) is 0 Å². The summed E-state index contributed by atoms with van der Waals surface area (Å²) in [5.74, 6) is 2.82. The van der Waals surface area contributed by atoms with Gasteiger partial charge in [-0.05, 0) is 6.42 Å². The monoisotopic (exact) mass is 243 g/mol. The van der Waals surface area contributed by atoms with E-state index in [1.54, 1.807) is 0 Å². The first kappa shape index (κ1) is 13.2. The molecule has 1 heterocycles. The van der Waals surface area contributed by atoms with Crippen LogP contribution in [0.5, 0.6) is 0 Å². The maximum atomic E-state index is 11.5. The molecule has 1 saturated heterocycles. The van der Waals surface area contributed by atoms with E-state index >= 15 is 0 Å². The van der Waals surface area contributed by atoms with Gasteiger partial charge in [0.25, 0.3) is 0 Å². The molecule has 90 valence electrons. The Balaban J connectivity index is 2.31. The molecule has 1 rings (SSSR count). The summed E-state index contributed by atoms with van der Waals surface area (Å²) in [5, 5.41) is 3.06. The molecule has 1 N–H and O–H groups in total. The SMILES string of the molecule is C#CCCCC(=O)CC1CS(=O)(=O)CCN1.